The minimum atomic E-state index is -4.62. The largest absolute Gasteiger partial charge is 0.480 e. The number of benzene rings is 1. The van der Waals surface area contributed by atoms with Gasteiger partial charge in [-0.3, -0.25) is 4.79 Å². The molecule has 1 aliphatic rings. The molecule has 0 aromatic heterocycles. The fourth-order valence-corrected chi connectivity index (χ4v) is 4.37. The SMILES string of the molecule is CC1CCN(S(=O)(=O)c2ccc(F)c(C(=O)O)c2F)C1C(=O)O. The molecule has 1 aromatic rings. The molecule has 0 aliphatic carbocycles. The lowest BCUT2D eigenvalue weighted by molar-refractivity contribution is -0.141. The summed E-state index contributed by atoms with van der Waals surface area (Å²) < 4.78 is 53.2. The first-order valence-electron chi connectivity index (χ1n) is 6.55. The Bertz CT molecular complexity index is 779. The number of aromatic carboxylic acids is 1. The van der Waals surface area contributed by atoms with Gasteiger partial charge in [0.05, 0.1) is 0 Å². The fraction of sp³-hybridized carbons (Fsp3) is 0.385. The highest BCUT2D eigenvalue weighted by atomic mass is 32.2. The number of carboxylic acid groups (broad SMARTS) is 2. The Balaban J connectivity index is 2.59. The van der Waals surface area contributed by atoms with Crippen molar-refractivity contribution in [3.63, 3.8) is 0 Å². The van der Waals surface area contributed by atoms with Gasteiger partial charge in [-0.1, -0.05) is 6.92 Å². The third-order valence-corrected chi connectivity index (χ3v) is 5.66. The summed E-state index contributed by atoms with van der Waals surface area (Å²) in [6.45, 7) is 1.39. The number of carboxylic acids is 2. The van der Waals surface area contributed by atoms with Crippen LogP contribution in [0.1, 0.15) is 23.7 Å². The van der Waals surface area contributed by atoms with E-state index in [-0.39, 0.29) is 13.0 Å². The van der Waals surface area contributed by atoms with Crippen LogP contribution in [0, 0.1) is 17.6 Å². The van der Waals surface area contributed by atoms with Crippen molar-refractivity contribution in [3.8, 4) is 0 Å². The highest BCUT2D eigenvalue weighted by Crippen LogP contribution is 2.32. The molecule has 1 saturated heterocycles. The molecule has 2 rings (SSSR count). The van der Waals surface area contributed by atoms with E-state index in [9.17, 15) is 26.8 Å². The maximum atomic E-state index is 14.2. The third kappa shape index (κ3) is 2.79. The van der Waals surface area contributed by atoms with E-state index in [2.05, 4.69) is 0 Å². The minimum absolute atomic E-state index is 0.153. The molecule has 2 unspecified atom stereocenters. The number of halogens is 2. The van der Waals surface area contributed by atoms with Crippen LogP contribution in [0.3, 0.4) is 0 Å². The summed E-state index contributed by atoms with van der Waals surface area (Å²) in [5, 5.41) is 18.0. The van der Waals surface area contributed by atoms with E-state index < -0.39 is 56.0 Å². The summed E-state index contributed by atoms with van der Waals surface area (Å²) in [6.07, 6.45) is 0.255. The second-order valence-electron chi connectivity index (χ2n) is 5.20. The van der Waals surface area contributed by atoms with Crippen LogP contribution in [0.4, 0.5) is 8.78 Å². The lowest BCUT2D eigenvalue weighted by atomic mass is 10.0. The minimum Gasteiger partial charge on any atom is -0.480 e. The summed E-state index contributed by atoms with van der Waals surface area (Å²) in [5.74, 6) is -7.01. The first-order valence-corrected chi connectivity index (χ1v) is 7.99. The molecular formula is C13H13F2NO6S. The van der Waals surface area contributed by atoms with E-state index in [1.807, 2.05) is 0 Å². The molecule has 1 aliphatic heterocycles. The molecule has 0 bridgehead atoms. The zero-order valence-electron chi connectivity index (χ0n) is 11.9. The molecule has 7 nitrogen and oxygen atoms in total. The van der Waals surface area contributed by atoms with Crippen LogP contribution >= 0.6 is 0 Å². The van der Waals surface area contributed by atoms with Gasteiger partial charge in [0.2, 0.25) is 10.0 Å². The van der Waals surface area contributed by atoms with Crippen molar-refractivity contribution >= 4 is 22.0 Å². The molecule has 2 atom stereocenters. The lowest BCUT2D eigenvalue weighted by Crippen LogP contribution is -2.43. The average Bonchev–Trinajstić information content (AvgIpc) is 2.80. The topological polar surface area (TPSA) is 112 Å². The molecule has 2 N–H and O–H groups in total. The van der Waals surface area contributed by atoms with Gasteiger partial charge in [0.1, 0.15) is 22.3 Å². The van der Waals surface area contributed by atoms with Gasteiger partial charge in [-0.05, 0) is 24.5 Å². The van der Waals surface area contributed by atoms with E-state index in [4.69, 9.17) is 10.2 Å². The van der Waals surface area contributed by atoms with Crippen LogP contribution in [0.25, 0.3) is 0 Å². The molecule has 23 heavy (non-hydrogen) atoms. The fourth-order valence-electron chi connectivity index (χ4n) is 2.60. The number of aliphatic carboxylic acids is 1. The molecule has 0 radical (unpaired) electrons. The van der Waals surface area contributed by atoms with Crippen LogP contribution < -0.4 is 0 Å². The zero-order valence-corrected chi connectivity index (χ0v) is 12.7. The molecular weight excluding hydrogens is 336 g/mol. The van der Waals surface area contributed by atoms with Crippen LogP contribution in [-0.2, 0) is 14.8 Å². The Morgan fingerprint density at radius 2 is 1.87 bits per heavy atom. The number of sulfonamides is 1. The van der Waals surface area contributed by atoms with E-state index in [1.165, 1.54) is 6.92 Å². The van der Waals surface area contributed by atoms with Crippen molar-refractivity contribution in [2.24, 2.45) is 5.92 Å². The molecule has 1 heterocycles. The Kier molecular flexibility index (Phi) is 4.40. The van der Waals surface area contributed by atoms with Crippen molar-refractivity contribution in [3.05, 3.63) is 29.3 Å². The molecule has 10 heteroatoms. The number of hydrogen-bond donors (Lipinski definition) is 2. The summed E-state index contributed by atoms with van der Waals surface area (Å²) in [7, 11) is -4.62. The van der Waals surface area contributed by atoms with E-state index in [0.29, 0.717) is 16.4 Å². The van der Waals surface area contributed by atoms with Gasteiger partial charge in [-0.2, -0.15) is 4.31 Å². The molecule has 126 valence electrons. The Labute approximate surface area is 130 Å². The highest BCUT2D eigenvalue weighted by molar-refractivity contribution is 7.89. The summed E-state index contributed by atoms with van der Waals surface area (Å²) >= 11 is 0. The number of carbonyl (C=O) groups is 2. The Hall–Kier alpha value is -2.07. The second-order valence-corrected chi connectivity index (χ2v) is 7.06. The van der Waals surface area contributed by atoms with Crippen LogP contribution in [-0.4, -0.2) is 47.5 Å². The predicted octanol–water partition coefficient (Wildman–Crippen LogP) is 1.15. The van der Waals surface area contributed by atoms with Gasteiger partial charge in [-0.25, -0.2) is 22.0 Å². The van der Waals surface area contributed by atoms with Crippen molar-refractivity contribution in [1.29, 1.82) is 0 Å². The summed E-state index contributed by atoms with van der Waals surface area (Å²) in [5.41, 5.74) is -1.40. The monoisotopic (exact) mass is 349 g/mol. The summed E-state index contributed by atoms with van der Waals surface area (Å²) in [6, 6.07) is -0.277. The summed E-state index contributed by atoms with van der Waals surface area (Å²) in [4.78, 5) is 21.1. The van der Waals surface area contributed by atoms with E-state index >= 15 is 0 Å². The second kappa shape index (κ2) is 5.85. The number of rotatable bonds is 4. The van der Waals surface area contributed by atoms with E-state index in [1.54, 1.807) is 0 Å². The highest BCUT2D eigenvalue weighted by Gasteiger charge is 2.45. The van der Waals surface area contributed by atoms with Crippen molar-refractivity contribution < 1.29 is 37.0 Å². The first-order chi connectivity index (χ1) is 10.6. The maximum absolute atomic E-state index is 14.2. The van der Waals surface area contributed by atoms with Crippen LogP contribution in [0.15, 0.2) is 17.0 Å². The normalized spacial score (nSPS) is 22.2. The Morgan fingerprint density at radius 1 is 1.26 bits per heavy atom. The molecule has 0 amide bonds. The van der Waals surface area contributed by atoms with Gasteiger partial charge >= 0.3 is 11.9 Å². The van der Waals surface area contributed by atoms with Gasteiger partial charge in [0, 0.05) is 6.54 Å². The van der Waals surface area contributed by atoms with Gasteiger partial charge in [0.25, 0.3) is 0 Å². The lowest BCUT2D eigenvalue weighted by Gasteiger charge is -2.23. The van der Waals surface area contributed by atoms with Crippen LogP contribution in [0.2, 0.25) is 0 Å². The van der Waals surface area contributed by atoms with Gasteiger partial charge in [-0.15, -0.1) is 0 Å². The first kappa shape index (κ1) is 17.3. The van der Waals surface area contributed by atoms with Crippen LogP contribution in [0.5, 0.6) is 0 Å². The standard InChI is InChI=1S/C13H13F2NO6S/c1-6-4-5-16(11(6)13(19)20)23(21,22)8-3-2-7(14)9(10(8)15)12(17)18/h2-3,6,11H,4-5H2,1H3,(H,17,18)(H,19,20). The molecule has 0 spiro atoms. The third-order valence-electron chi connectivity index (χ3n) is 3.76. The molecule has 1 aromatic carbocycles. The Morgan fingerprint density at radius 3 is 2.39 bits per heavy atom. The number of nitrogens with zero attached hydrogens (tertiary/aromatic N) is 1. The van der Waals surface area contributed by atoms with Crippen molar-refractivity contribution in [1.82, 2.24) is 4.31 Å². The van der Waals surface area contributed by atoms with Gasteiger partial charge < -0.3 is 10.2 Å². The molecule has 1 fully saturated rings. The molecule has 0 saturated carbocycles. The number of hydrogen-bond acceptors (Lipinski definition) is 4. The average molecular weight is 349 g/mol. The zero-order chi connectivity index (χ0) is 17.5. The maximum Gasteiger partial charge on any atom is 0.341 e. The quantitative estimate of drug-likeness (QED) is 0.843. The van der Waals surface area contributed by atoms with Gasteiger partial charge in [0.15, 0.2) is 5.82 Å². The van der Waals surface area contributed by atoms with Crippen molar-refractivity contribution in [2.75, 3.05) is 6.54 Å². The predicted molar refractivity (Wildman–Crippen MR) is 72.4 cm³/mol. The van der Waals surface area contributed by atoms with E-state index in [0.717, 1.165) is 0 Å². The van der Waals surface area contributed by atoms with Crippen molar-refractivity contribution in [2.45, 2.75) is 24.3 Å². The smallest absolute Gasteiger partial charge is 0.341 e.